The third-order valence-corrected chi connectivity index (χ3v) is 4.51. The van der Waals surface area contributed by atoms with E-state index in [0.29, 0.717) is 11.6 Å². The van der Waals surface area contributed by atoms with Crippen LogP contribution in [0.4, 0.5) is 11.4 Å². The maximum atomic E-state index is 12.7. The molecule has 2 aromatic carbocycles. The molecule has 27 heavy (non-hydrogen) atoms. The molecule has 0 saturated carbocycles. The van der Waals surface area contributed by atoms with Crippen LogP contribution in [-0.4, -0.2) is 30.6 Å². The SMILES string of the molecule is CC1(C)Nc2ccccc2N(CCOC(=O)/C=C/c2ccc(Cl)cc2)C1=O. The van der Waals surface area contributed by atoms with Crippen LogP contribution >= 0.6 is 11.6 Å². The summed E-state index contributed by atoms with van der Waals surface area (Å²) in [6.07, 6.45) is 3.02. The van der Waals surface area contributed by atoms with E-state index in [-0.39, 0.29) is 12.5 Å². The summed E-state index contributed by atoms with van der Waals surface area (Å²) in [6, 6.07) is 14.7. The van der Waals surface area contributed by atoms with Gasteiger partial charge in [0.05, 0.1) is 17.9 Å². The minimum atomic E-state index is -0.715. The van der Waals surface area contributed by atoms with Crippen LogP contribution in [0.5, 0.6) is 0 Å². The molecule has 0 spiro atoms. The minimum absolute atomic E-state index is 0.0612. The number of anilines is 2. The maximum absolute atomic E-state index is 12.7. The van der Waals surface area contributed by atoms with Gasteiger partial charge >= 0.3 is 5.97 Å². The van der Waals surface area contributed by atoms with Crippen LogP contribution in [0.15, 0.2) is 54.6 Å². The molecule has 0 atom stereocenters. The highest BCUT2D eigenvalue weighted by molar-refractivity contribution is 6.30. The lowest BCUT2D eigenvalue weighted by Gasteiger charge is -2.39. The highest BCUT2D eigenvalue weighted by Gasteiger charge is 2.38. The topological polar surface area (TPSA) is 58.6 Å². The number of esters is 1. The van der Waals surface area contributed by atoms with Crippen molar-refractivity contribution in [2.24, 2.45) is 0 Å². The molecule has 0 bridgehead atoms. The molecule has 0 radical (unpaired) electrons. The summed E-state index contributed by atoms with van der Waals surface area (Å²) in [5.41, 5.74) is 1.81. The van der Waals surface area contributed by atoms with Gasteiger partial charge in [0.1, 0.15) is 12.1 Å². The van der Waals surface area contributed by atoms with E-state index in [9.17, 15) is 9.59 Å². The molecule has 2 aromatic rings. The van der Waals surface area contributed by atoms with E-state index < -0.39 is 11.5 Å². The molecule has 0 aliphatic carbocycles. The zero-order valence-electron chi connectivity index (χ0n) is 15.2. The normalized spacial score (nSPS) is 15.4. The Hall–Kier alpha value is -2.79. The van der Waals surface area contributed by atoms with E-state index in [1.165, 1.54) is 6.08 Å². The molecule has 1 heterocycles. The van der Waals surface area contributed by atoms with Crippen molar-refractivity contribution in [2.75, 3.05) is 23.4 Å². The number of para-hydroxylation sites is 2. The smallest absolute Gasteiger partial charge is 0.330 e. The predicted octanol–water partition coefficient (Wildman–Crippen LogP) is 4.13. The second-order valence-corrected chi connectivity index (χ2v) is 7.21. The first-order chi connectivity index (χ1) is 12.9. The Labute approximate surface area is 163 Å². The average Bonchev–Trinajstić information content (AvgIpc) is 2.64. The van der Waals surface area contributed by atoms with Gasteiger partial charge in [0.2, 0.25) is 0 Å². The lowest BCUT2D eigenvalue weighted by atomic mass is 9.98. The van der Waals surface area contributed by atoms with Crippen LogP contribution in [0.1, 0.15) is 19.4 Å². The molecular formula is C21H21ClN2O3. The van der Waals surface area contributed by atoms with Gasteiger partial charge in [0.25, 0.3) is 5.91 Å². The molecule has 0 fully saturated rings. The second kappa shape index (κ2) is 7.84. The zero-order valence-corrected chi connectivity index (χ0v) is 16.0. The first-order valence-corrected chi connectivity index (χ1v) is 9.04. The molecule has 6 heteroatoms. The largest absolute Gasteiger partial charge is 0.461 e. The molecule has 140 valence electrons. The summed E-state index contributed by atoms with van der Waals surface area (Å²) in [5.74, 6) is -0.519. The summed E-state index contributed by atoms with van der Waals surface area (Å²) in [4.78, 5) is 26.3. The zero-order chi connectivity index (χ0) is 19.4. The van der Waals surface area contributed by atoms with Gasteiger partial charge in [-0.2, -0.15) is 0 Å². The molecule has 1 N–H and O–H groups in total. The van der Waals surface area contributed by atoms with Crippen molar-refractivity contribution in [3.8, 4) is 0 Å². The van der Waals surface area contributed by atoms with Gasteiger partial charge in [-0.3, -0.25) is 4.79 Å². The van der Waals surface area contributed by atoms with Gasteiger partial charge < -0.3 is 15.0 Å². The monoisotopic (exact) mass is 384 g/mol. The number of rotatable bonds is 5. The van der Waals surface area contributed by atoms with Crippen LogP contribution in [0.2, 0.25) is 5.02 Å². The number of nitrogens with one attached hydrogen (secondary N) is 1. The molecule has 0 saturated heterocycles. The standard InChI is InChI=1S/C21H21ClN2O3/c1-21(2)20(26)24(18-6-4-3-5-17(18)23-21)13-14-27-19(25)12-9-15-7-10-16(22)11-8-15/h3-12,23H,13-14H2,1-2H3/b12-9+. The molecule has 1 aliphatic heterocycles. The fourth-order valence-electron chi connectivity index (χ4n) is 2.90. The van der Waals surface area contributed by atoms with Crippen LogP contribution in [0, 0.1) is 0 Å². The summed E-state index contributed by atoms with van der Waals surface area (Å²) < 4.78 is 5.26. The fraction of sp³-hybridized carbons (Fsp3) is 0.238. The van der Waals surface area contributed by atoms with E-state index in [4.69, 9.17) is 16.3 Å². The number of nitrogens with zero attached hydrogens (tertiary/aromatic N) is 1. The van der Waals surface area contributed by atoms with Gasteiger partial charge in [-0.1, -0.05) is 35.9 Å². The Balaban J connectivity index is 1.60. The van der Waals surface area contributed by atoms with Crippen LogP contribution in [0.3, 0.4) is 0 Å². The molecule has 1 amide bonds. The molecule has 3 rings (SSSR count). The van der Waals surface area contributed by atoms with Crippen molar-refractivity contribution < 1.29 is 14.3 Å². The van der Waals surface area contributed by atoms with E-state index in [1.54, 1.807) is 23.1 Å². The Morgan fingerprint density at radius 1 is 1.19 bits per heavy atom. The average molecular weight is 385 g/mol. The van der Waals surface area contributed by atoms with Crippen molar-refractivity contribution in [1.82, 2.24) is 0 Å². The Morgan fingerprint density at radius 3 is 2.63 bits per heavy atom. The molecule has 0 unspecified atom stereocenters. The van der Waals surface area contributed by atoms with E-state index >= 15 is 0 Å². The van der Waals surface area contributed by atoms with E-state index in [0.717, 1.165) is 16.9 Å². The highest BCUT2D eigenvalue weighted by Crippen LogP contribution is 2.34. The summed E-state index contributed by atoms with van der Waals surface area (Å²) in [5, 5.41) is 3.88. The third kappa shape index (κ3) is 4.49. The predicted molar refractivity (Wildman–Crippen MR) is 108 cm³/mol. The van der Waals surface area contributed by atoms with Gasteiger partial charge in [-0.05, 0) is 49.8 Å². The number of benzene rings is 2. The molecule has 5 nitrogen and oxygen atoms in total. The van der Waals surface area contributed by atoms with Crippen molar-refractivity contribution in [2.45, 2.75) is 19.4 Å². The Morgan fingerprint density at radius 2 is 1.89 bits per heavy atom. The highest BCUT2D eigenvalue weighted by atomic mass is 35.5. The molecule has 1 aliphatic rings. The summed E-state index contributed by atoms with van der Waals surface area (Å²) >= 11 is 5.83. The van der Waals surface area contributed by atoms with Gasteiger partial charge in [0, 0.05) is 11.1 Å². The van der Waals surface area contributed by atoms with Crippen molar-refractivity contribution in [1.29, 1.82) is 0 Å². The number of hydrogen-bond acceptors (Lipinski definition) is 4. The second-order valence-electron chi connectivity index (χ2n) is 6.78. The quantitative estimate of drug-likeness (QED) is 0.622. The first-order valence-electron chi connectivity index (χ1n) is 8.66. The number of halogens is 1. The fourth-order valence-corrected chi connectivity index (χ4v) is 3.02. The van der Waals surface area contributed by atoms with Crippen molar-refractivity contribution >= 4 is 40.9 Å². The summed E-state index contributed by atoms with van der Waals surface area (Å²) in [7, 11) is 0. The Bertz CT molecular complexity index is 875. The number of amides is 1. The van der Waals surface area contributed by atoms with Gasteiger partial charge in [-0.25, -0.2) is 4.79 Å². The number of ether oxygens (including phenoxy) is 1. The summed E-state index contributed by atoms with van der Waals surface area (Å²) in [6.45, 7) is 4.07. The van der Waals surface area contributed by atoms with Gasteiger partial charge in [-0.15, -0.1) is 0 Å². The van der Waals surface area contributed by atoms with Gasteiger partial charge in [0.15, 0.2) is 0 Å². The number of carbonyl (C=O) groups is 2. The third-order valence-electron chi connectivity index (χ3n) is 4.26. The van der Waals surface area contributed by atoms with Crippen molar-refractivity contribution in [3.63, 3.8) is 0 Å². The minimum Gasteiger partial charge on any atom is -0.461 e. The Kier molecular flexibility index (Phi) is 5.51. The lowest BCUT2D eigenvalue weighted by molar-refractivity contribution is -0.137. The van der Waals surface area contributed by atoms with Crippen LogP contribution < -0.4 is 10.2 Å². The molecular weight excluding hydrogens is 364 g/mol. The van der Waals surface area contributed by atoms with Crippen molar-refractivity contribution in [3.05, 3.63) is 65.2 Å². The number of carbonyl (C=O) groups excluding carboxylic acids is 2. The maximum Gasteiger partial charge on any atom is 0.330 e. The lowest BCUT2D eigenvalue weighted by Crippen LogP contribution is -2.54. The van der Waals surface area contributed by atoms with E-state index in [1.807, 2.05) is 50.2 Å². The van der Waals surface area contributed by atoms with Crippen LogP contribution in [-0.2, 0) is 14.3 Å². The number of fused-ring (bicyclic) bond motifs is 1. The number of hydrogen-bond donors (Lipinski definition) is 1. The molecule has 0 aromatic heterocycles. The first kappa shape index (κ1) is 19.0. The van der Waals surface area contributed by atoms with E-state index in [2.05, 4.69) is 5.32 Å². The van der Waals surface area contributed by atoms with Crippen LogP contribution in [0.25, 0.3) is 6.08 Å².